The number of amides is 1. The molecule has 2 N–H and O–H groups in total. The van der Waals surface area contributed by atoms with E-state index in [1.165, 1.54) is 186 Å². The van der Waals surface area contributed by atoms with Gasteiger partial charge in [0.15, 0.2) is 0 Å². The third-order valence-corrected chi connectivity index (χ3v) is 15.2. The lowest BCUT2D eigenvalue weighted by atomic mass is 10.0. The summed E-state index contributed by atoms with van der Waals surface area (Å²) in [5.41, 5.74) is 0. The number of nitrogens with zero attached hydrogens (tertiary/aromatic N) is 1. The van der Waals surface area contributed by atoms with Crippen molar-refractivity contribution in [1.82, 2.24) is 5.32 Å². The highest BCUT2D eigenvalue weighted by Crippen LogP contribution is 2.43. The quantitative estimate of drug-likeness (QED) is 0.0205. The second-order valence-corrected chi connectivity index (χ2v) is 24.4. The summed E-state index contributed by atoms with van der Waals surface area (Å²) in [6.45, 7) is 6.92. The molecule has 0 rings (SSSR count). The van der Waals surface area contributed by atoms with Crippen LogP contribution in [0.2, 0.25) is 0 Å². The van der Waals surface area contributed by atoms with Gasteiger partial charge in [-0.3, -0.25) is 18.6 Å². The maximum Gasteiger partial charge on any atom is 0.472 e. The monoisotopic (exact) mass is 1080 g/mol. The van der Waals surface area contributed by atoms with E-state index in [4.69, 9.17) is 13.8 Å². The van der Waals surface area contributed by atoms with Gasteiger partial charge < -0.3 is 19.4 Å². The van der Waals surface area contributed by atoms with Gasteiger partial charge >= 0.3 is 13.8 Å². The van der Waals surface area contributed by atoms with E-state index in [-0.39, 0.29) is 25.1 Å². The molecule has 0 aliphatic rings. The zero-order valence-corrected chi connectivity index (χ0v) is 51.2. The van der Waals surface area contributed by atoms with Gasteiger partial charge in [-0.1, -0.05) is 256 Å². The second kappa shape index (κ2) is 55.3. The fourth-order valence-electron chi connectivity index (χ4n) is 9.33. The molecule has 0 aliphatic carbocycles. The van der Waals surface area contributed by atoms with E-state index in [0.29, 0.717) is 23.9 Å². The highest BCUT2D eigenvalue weighted by Gasteiger charge is 2.30. The van der Waals surface area contributed by atoms with Crippen molar-refractivity contribution in [3.05, 3.63) is 48.6 Å². The number of hydrogen-bond donors (Lipinski definition) is 2. The highest BCUT2D eigenvalue weighted by molar-refractivity contribution is 7.47. The van der Waals surface area contributed by atoms with E-state index in [9.17, 15) is 19.0 Å². The second-order valence-electron chi connectivity index (χ2n) is 22.9. The molecule has 440 valence electrons. The van der Waals surface area contributed by atoms with E-state index in [0.717, 1.165) is 83.5 Å². The Balaban J connectivity index is 5.13. The first-order chi connectivity index (χ1) is 36.4. The Morgan fingerprint density at radius 2 is 0.853 bits per heavy atom. The number of hydrogen-bond acceptors (Lipinski definition) is 6. The Morgan fingerprint density at radius 1 is 0.480 bits per heavy atom. The molecule has 0 spiro atoms. The van der Waals surface area contributed by atoms with E-state index < -0.39 is 20.0 Å². The van der Waals surface area contributed by atoms with Crippen molar-refractivity contribution < 1.29 is 37.3 Å². The van der Waals surface area contributed by atoms with Gasteiger partial charge in [0.2, 0.25) is 5.91 Å². The topological polar surface area (TPSA) is 111 Å². The van der Waals surface area contributed by atoms with E-state index >= 15 is 0 Å². The molecule has 75 heavy (non-hydrogen) atoms. The van der Waals surface area contributed by atoms with Crippen LogP contribution in [-0.2, 0) is 27.9 Å². The van der Waals surface area contributed by atoms with Crippen molar-refractivity contribution >= 4 is 19.7 Å². The molecule has 0 aromatic heterocycles. The summed E-state index contributed by atoms with van der Waals surface area (Å²) in [4.78, 5) is 37.7. The maximum atomic E-state index is 13.5. The molecule has 3 atom stereocenters. The van der Waals surface area contributed by atoms with Gasteiger partial charge in [0.1, 0.15) is 19.3 Å². The standard InChI is InChI=1S/C65H123N2O7P/c1-7-10-13-16-19-22-25-28-30-31-32-33-34-35-36-37-38-40-43-46-49-52-55-58-65(69)74-63(56-53-50-47-44-41-27-24-21-18-15-12-9-3)62(61-73-75(70,71)72-60-59-67(4,5)6)66-64(68)57-54-51-48-45-42-39-29-26-23-20-17-14-11-8-2/h11,14,20,23,28,30,53,56,62-63H,7-10,12-13,15-19,21-22,24-27,29,31-52,54-55,57-61H2,1-6H3,(H-,66,68,70,71)/p+1/b14-11+,23-20+,30-28+,56-53-. The lowest BCUT2D eigenvalue weighted by molar-refractivity contribution is -0.870. The van der Waals surface area contributed by atoms with Crippen LogP contribution in [0.4, 0.5) is 0 Å². The number of phosphoric ester groups is 1. The lowest BCUT2D eigenvalue weighted by Crippen LogP contribution is -2.47. The fourth-order valence-corrected chi connectivity index (χ4v) is 10.1. The minimum Gasteiger partial charge on any atom is -0.456 e. The average Bonchev–Trinajstić information content (AvgIpc) is 3.37. The number of allylic oxidation sites excluding steroid dienone is 7. The Labute approximate surface area is 465 Å². The van der Waals surface area contributed by atoms with Gasteiger partial charge in [0.05, 0.1) is 33.8 Å². The Morgan fingerprint density at radius 3 is 1.28 bits per heavy atom. The van der Waals surface area contributed by atoms with Crippen LogP contribution in [0.5, 0.6) is 0 Å². The first-order valence-electron chi connectivity index (χ1n) is 32.0. The number of carbonyl (C=O) groups excluding carboxylic acids is 2. The molecule has 0 aromatic rings. The van der Waals surface area contributed by atoms with Gasteiger partial charge in [0, 0.05) is 12.8 Å². The molecule has 9 nitrogen and oxygen atoms in total. The normalized spacial score (nSPS) is 14.0. The Hall–Kier alpha value is -2.03. The van der Waals surface area contributed by atoms with E-state index in [1.807, 2.05) is 33.3 Å². The fraction of sp³-hybridized carbons (Fsp3) is 0.846. The van der Waals surface area contributed by atoms with Crippen molar-refractivity contribution in [3.63, 3.8) is 0 Å². The molecule has 10 heteroatoms. The van der Waals surface area contributed by atoms with E-state index in [2.05, 4.69) is 62.5 Å². The average molecular weight is 1080 g/mol. The molecule has 0 saturated heterocycles. The summed E-state index contributed by atoms with van der Waals surface area (Å²) in [5.74, 6) is -0.506. The van der Waals surface area contributed by atoms with Gasteiger partial charge in [-0.05, 0) is 83.1 Å². The maximum absolute atomic E-state index is 13.5. The highest BCUT2D eigenvalue weighted by atomic mass is 31.2. The summed E-state index contributed by atoms with van der Waals surface area (Å²) in [6, 6.07) is -0.851. The third kappa shape index (κ3) is 56.5. The number of nitrogens with one attached hydrogen (secondary N) is 1. The summed E-state index contributed by atoms with van der Waals surface area (Å²) in [7, 11) is 1.50. The Bertz CT molecular complexity index is 1420. The zero-order chi connectivity index (χ0) is 55.0. The predicted octanol–water partition coefficient (Wildman–Crippen LogP) is 19.7. The summed E-state index contributed by atoms with van der Waals surface area (Å²) >= 11 is 0. The molecule has 0 fully saturated rings. The number of likely N-dealkylation sites (N-methyl/N-ethyl adjacent to an activating group) is 1. The third-order valence-electron chi connectivity index (χ3n) is 14.3. The van der Waals surface area contributed by atoms with E-state index in [1.54, 1.807) is 0 Å². The SMILES string of the molecule is CC/C=C/C/C=C/CCCCCCCCCC(=O)NC(COP(=O)(O)OCC[N+](C)(C)C)C(/C=C\CCCCCCCCCCCC)OC(=O)CCCCCCCCCCCCCCC/C=C/CCCCCCCC. The minimum absolute atomic E-state index is 0.0392. The first-order valence-corrected chi connectivity index (χ1v) is 33.5. The van der Waals surface area contributed by atoms with Crippen LogP contribution < -0.4 is 5.32 Å². The molecule has 3 unspecified atom stereocenters. The number of phosphoric acid groups is 1. The number of esters is 1. The molecule has 0 saturated carbocycles. The summed E-state index contributed by atoms with van der Waals surface area (Å²) in [6.07, 6.45) is 68.3. The number of rotatable bonds is 58. The largest absolute Gasteiger partial charge is 0.472 e. The first kappa shape index (κ1) is 73.0. The minimum atomic E-state index is -4.45. The molecule has 0 aromatic carbocycles. The molecule has 1 amide bonds. The number of quaternary nitrogens is 1. The molecular weight excluding hydrogens is 952 g/mol. The van der Waals surface area contributed by atoms with Crippen LogP contribution in [0.1, 0.15) is 303 Å². The van der Waals surface area contributed by atoms with Crippen LogP contribution in [0, 0.1) is 0 Å². The zero-order valence-electron chi connectivity index (χ0n) is 50.3. The summed E-state index contributed by atoms with van der Waals surface area (Å²) in [5, 5.41) is 3.05. The van der Waals surface area contributed by atoms with Crippen molar-refractivity contribution in [3.8, 4) is 0 Å². The van der Waals surface area contributed by atoms with Crippen LogP contribution in [0.15, 0.2) is 48.6 Å². The van der Waals surface area contributed by atoms with Crippen molar-refractivity contribution in [2.75, 3.05) is 40.9 Å². The lowest BCUT2D eigenvalue weighted by Gasteiger charge is -2.27. The van der Waals surface area contributed by atoms with Crippen LogP contribution >= 0.6 is 7.82 Å². The predicted molar refractivity (Wildman–Crippen MR) is 323 cm³/mol. The van der Waals surface area contributed by atoms with Crippen molar-refractivity contribution in [2.24, 2.45) is 0 Å². The molecule has 0 heterocycles. The van der Waals surface area contributed by atoms with Crippen molar-refractivity contribution in [1.29, 1.82) is 0 Å². The molecular formula is C65H124N2O7P+. The van der Waals surface area contributed by atoms with Crippen LogP contribution in [-0.4, -0.2) is 74.3 Å². The van der Waals surface area contributed by atoms with Gasteiger partial charge in [-0.15, -0.1) is 0 Å². The smallest absolute Gasteiger partial charge is 0.456 e. The van der Waals surface area contributed by atoms with Gasteiger partial charge in [0.25, 0.3) is 0 Å². The molecule has 0 aliphatic heterocycles. The Kier molecular flexibility index (Phi) is 53.8. The number of ether oxygens (including phenoxy) is 1. The number of unbranched alkanes of at least 4 members (excludes halogenated alkanes) is 36. The van der Waals surface area contributed by atoms with Gasteiger partial charge in [-0.2, -0.15) is 0 Å². The van der Waals surface area contributed by atoms with Crippen LogP contribution in [0.25, 0.3) is 0 Å². The molecule has 0 bridgehead atoms. The summed E-state index contributed by atoms with van der Waals surface area (Å²) < 4.78 is 30.7. The molecule has 0 radical (unpaired) electrons. The van der Waals surface area contributed by atoms with Gasteiger partial charge in [-0.25, -0.2) is 4.57 Å². The van der Waals surface area contributed by atoms with Crippen molar-refractivity contribution in [2.45, 2.75) is 315 Å². The van der Waals surface area contributed by atoms with Crippen LogP contribution in [0.3, 0.4) is 0 Å². The number of carbonyl (C=O) groups is 2.